The fourth-order valence-corrected chi connectivity index (χ4v) is 3.45. The highest BCUT2D eigenvalue weighted by atomic mass is 15.3. The van der Waals surface area contributed by atoms with Crippen LogP contribution in [0.25, 0.3) is 6.08 Å². The summed E-state index contributed by atoms with van der Waals surface area (Å²) in [5.41, 5.74) is 2.47. The van der Waals surface area contributed by atoms with Crippen LogP contribution in [-0.4, -0.2) is 47.6 Å². The third kappa shape index (κ3) is 5.65. The van der Waals surface area contributed by atoms with Crippen molar-refractivity contribution in [2.75, 3.05) is 42.9 Å². The molecule has 0 atom stereocenters. The molecule has 0 radical (unpaired) electrons. The van der Waals surface area contributed by atoms with E-state index in [1.807, 2.05) is 36.5 Å². The normalized spacial score (nSPS) is 15.0. The minimum Gasteiger partial charge on any atom is -0.354 e. The zero-order chi connectivity index (χ0) is 19.7. The Labute approximate surface area is 172 Å². The van der Waals surface area contributed by atoms with Gasteiger partial charge in [0, 0.05) is 45.5 Å². The highest BCUT2D eigenvalue weighted by Crippen LogP contribution is 2.15. The predicted octanol–water partition coefficient (Wildman–Crippen LogP) is 3.92. The molecule has 0 amide bonds. The Morgan fingerprint density at radius 1 is 0.862 bits per heavy atom. The number of hydrogen-bond donors (Lipinski definition) is 1. The molecule has 4 rings (SSSR count). The van der Waals surface area contributed by atoms with Gasteiger partial charge in [0.2, 0.25) is 5.95 Å². The van der Waals surface area contributed by atoms with Crippen molar-refractivity contribution in [3.05, 3.63) is 90.1 Å². The molecule has 1 N–H and O–H groups in total. The number of nitrogens with one attached hydrogen (secondary N) is 1. The van der Waals surface area contributed by atoms with Gasteiger partial charge in [-0.3, -0.25) is 4.90 Å². The maximum Gasteiger partial charge on any atom is 0.224 e. The van der Waals surface area contributed by atoms with Crippen molar-refractivity contribution in [3.8, 4) is 0 Å². The fourth-order valence-electron chi connectivity index (χ4n) is 3.45. The van der Waals surface area contributed by atoms with Crippen LogP contribution in [0.15, 0.2) is 79.0 Å². The largest absolute Gasteiger partial charge is 0.354 e. The highest BCUT2D eigenvalue weighted by molar-refractivity contribution is 5.49. The Morgan fingerprint density at radius 3 is 2.34 bits per heavy atom. The SMILES string of the molecule is C(=C\c1ccccc1)/CN1CCN(c2ccnc(NCc3ccccc3)n2)CC1. The molecule has 5 nitrogen and oxygen atoms in total. The van der Waals surface area contributed by atoms with Gasteiger partial charge in [-0.25, -0.2) is 4.98 Å². The van der Waals surface area contributed by atoms with Gasteiger partial charge in [0.05, 0.1) is 0 Å². The van der Waals surface area contributed by atoms with Gasteiger partial charge in [-0.05, 0) is 17.2 Å². The zero-order valence-corrected chi connectivity index (χ0v) is 16.6. The van der Waals surface area contributed by atoms with Gasteiger partial charge in [-0.2, -0.15) is 4.98 Å². The first kappa shape index (κ1) is 19.2. The molecule has 1 fully saturated rings. The van der Waals surface area contributed by atoms with Gasteiger partial charge >= 0.3 is 0 Å². The maximum atomic E-state index is 4.71. The summed E-state index contributed by atoms with van der Waals surface area (Å²) in [5, 5.41) is 3.32. The summed E-state index contributed by atoms with van der Waals surface area (Å²) in [5.74, 6) is 1.68. The average Bonchev–Trinajstić information content (AvgIpc) is 2.80. The van der Waals surface area contributed by atoms with Gasteiger partial charge < -0.3 is 10.2 Å². The summed E-state index contributed by atoms with van der Waals surface area (Å²) in [6.45, 7) is 5.75. The van der Waals surface area contributed by atoms with Crippen LogP contribution in [0.3, 0.4) is 0 Å². The minimum absolute atomic E-state index is 0.680. The molecule has 29 heavy (non-hydrogen) atoms. The van der Waals surface area contributed by atoms with E-state index in [2.05, 4.69) is 68.7 Å². The Kier molecular flexibility index (Phi) is 6.50. The van der Waals surface area contributed by atoms with Crippen LogP contribution in [-0.2, 0) is 6.54 Å². The molecule has 0 aliphatic carbocycles. The molecule has 1 saturated heterocycles. The van der Waals surface area contributed by atoms with Gasteiger partial charge in [-0.15, -0.1) is 0 Å². The molecule has 0 bridgehead atoms. The molecule has 0 saturated carbocycles. The van der Waals surface area contributed by atoms with E-state index >= 15 is 0 Å². The molecule has 148 valence electrons. The summed E-state index contributed by atoms with van der Waals surface area (Å²) in [6, 6.07) is 22.8. The molecule has 1 aliphatic rings. The van der Waals surface area contributed by atoms with E-state index in [0.717, 1.165) is 45.1 Å². The van der Waals surface area contributed by atoms with Gasteiger partial charge in [0.1, 0.15) is 5.82 Å². The number of hydrogen-bond acceptors (Lipinski definition) is 5. The first-order chi connectivity index (χ1) is 14.4. The number of aromatic nitrogens is 2. The van der Waals surface area contributed by atoms with Crippen molar-refractivity contribution in [2.24, 2.45) is 0 Å². The van der Waals surface area contributed by atoms with Gasteiger partial charge in [0.25, 0.3) is 0 Å². The predicted molar refractivity (Wildman–Crippen MR) is 120 cm³/mol. The molecule has 1 aromatic heterocycles. The number of nitrogens with zero attached hydrogens (tertiary/aromatic N) is 4. The summed E-state index contributed by atoms with van der Waals surface area (Å²) >= 11 is 0. The van der Waals surface area contributed by atoms with E-state index in [4.69, 9.17) is 4.98 Å². The molecule has 2 heterocycles. The van der Waals surface area contributed by atoms with E-state index in [1.165, 1.54) is 11.1 Å². The topological polar surface area (TPSA) is 44.3 Å². The Morgan fingerprint density at radius 2 is 1.59 bits per heavy atom. The smallest absolute Gasteiger partial charge is 0.224 e. The van der Waals surface area contributed by atoms with Crippen molar-refractivity contribution in [2.45, 2.75) is 6.54 Å². The molecular formula is C24H27N5. The minimum atomic E-state index is 0.680. The molecular weight excluding hydrogens is 358 g/mol. The second-order valence-electron chi connectivity index (χ2n) is 7.18. The first-order valence-electron chi connectivity index (χ1n) is 10.2. The van der Waals surface area contributed by atoms with Crippen LogP contribution >= 0.6 is 0 Å². The van der Waals surface area contributed by atoms with Crippen molar-refractivity contribution >= 4 is 17.8 Å². The van der Waals surface area contributed by atoms with Crippen LogP contribution < -0.4 is 10.2 Å². The third-order valence-electron chi connectivity index (χ3n) is 5.10. The molecule has 1 aliphatic heterocycles. The van der Waals surface area contributed by atoms with E-state index < -0.39 is 0 Å². The lowest BCUT2D eigenvalue weighted by Gasteiger charge is -2.34. The highest BCUT2D eigenvalue weighted by Gasteiger charge is 2.17. The van der Waals surface area contributed by atoms with Crippen molar-refractivity contribution in [1.29, 1.82) is 0 Å². The lowest BCUT2D eigenvalue weighted by atomic mass is 10.2. The number of rotatable bonds is 7. The lowest BCUT2D eigenvalue weighted by Crippen LogP contribution is -2.46. The average molecular weight is 386 g/mol. The molecule has 0 unspecified atom stereocenters. The summed E-state index contributed by atoms with van der Waals surface area (Å²) in [4.78, 5) is 13.9. The lowest BCUT2D eigenvalue weighted by molar-refractivity contribution is 0.283. The van der Waals surface area contributed by atoms with E-state index in [0.29, 0.717) is 5.95 Å². The molecule has 3 aromatic rings. The van der Waals surface area contributed by atoms with Crippen LogP contribution in [0, 0.1) is 0 Å². The quantitative estimate of drug-likeness (QED) is 0.668. The zero-order valence-electron chi connectivity index (χ0n) is 16.6. The van der Waals surface area contributed by atoms with Crippen molar-refractivity contribution < 1.29 is 0 Å². The van der Waals surface area contributed by atoms with Crippen LogP contribution in [0.1, 0.15) is 11.1 Å². The van der Waals surface area contributed by atoms with Crippen LogP contribution in [0.2, 0.25) is 0 Å². The molecule has 0 spiro atoms. The Balaban J connectivity index is 1.26. The van der Waals surface area contributed by atoms with Crippen LogP contribution in [0.4, 0.5) is 11.8 Å². The number of anilines is 2. The van der Waals surface area contributed by atoms with Gasteiger partial charge in [0.15, 0.2) is 0 Å². The fraction of sp³-hybridized carbons (Fsp3) is 0.250. The van der Waals surface area contributed by atoms with Gasteiger partial charge in [-0.1, -0.05) is 72.8 Å². The summed E-state index contributed by atoms with van der Waals surface area (Å²) in [7, 11) is 0. The summed E-state index contributed by atoms with van der Waals surface area (Å²) in [6.07, 6.45) is 6.29. The molecule has 2 aromatic carbocycles. The molecule has 5 heteroatoms. The second-order valence-corrected chi connectivity index (χ2v) is 7.18. The van der Waals surface area contributed by atoms with Crippen LogP contribution in [0.5, 0.6) is 0 Å². The number of benzene rings is 2. The first-order valence-corrected chi connectivity index (χ1v) is 10.2. The van der Waals surface area contributed by atoms with E-state index in [9.17, 15) is 0 Å². The monoisotopic (exact) mass is 385 g/mol. The Hall–Kier alpha value is -3.18. The maximum absolute atomic E-state index is 4.71. The second kappa shape index (κ2) is 9.85. The number of piperazine rings is 1. The van der Waals surface area contributed by atoms with Crippen molar-refractivity contribution in [1.82, 2.24) is 14.9 Å². The Bertz CT molecular complexity index is 903. The summed E-state index contributed by atoms with van der Waals surface area (Å²) < 4.78 is 0. The van der Waals surface area contributed by atoms with E-state index in [-0.39, 0.29) is 0 Å². The van der Waals surface area contributed by atoms with Crippen molar-refractivity contribution in [3.63, 3.8) is 0 Å². The third-order valence-corrected chi connectivity index (χ3v) is 5.10. The standard InChI is InChI=1S/C24H27N5/c1-3-8-21(9-4-1)12-7-15-28-16-18-29(19-17-28)23-13-14-25-24(27-23)26-20-22-10-5-2-6-11-22/h1-14H,15-20H2,(H,25,26,27)/b12-7+. The van der Waals surface area contributed by atoms with E-state index in [1.54, 1.807) is 0 Å².